The van der Waals surface area contributed by atoms with Crippen LogP contribution in [0.15, 0.2) is 5.11 Å². The van der Waals surface area contributed by atoms with Crippen molar-refractivity contribution in [1.29, 1.82) is 0 Å². The molecule has 0 aromatic carbocycles. The molecule has 0 aliphatic heterocycles. The van der Waals surface area contributed by atoms with Crippen LogP contribution in [0.25, 0.3) is 10.4 Å². The highest BCUT2D eigenvalue weighted by Crippen LogP contribution is 2.35. The van der Waals surface area contributed by atoms with E-state index < -0.39 is 35.7 Å². The number of azide groups is 1. The summed E-state index contributed by atoms with van der Waals surface area (Å²) in [5.41, 5.74) is 8.03. The first-order valence-corrected chi connectivity index (χ1v) is 7.56. The molecule has 0 spiro atoms. The second-order valence-corrected chi connectivity index (χ2v) is 6.45. The first-order chi connectivity index (χ1) is 11.2. The maximum absolute atomic E-state index is 12.2. The van der Waals surface area contributed by atoms with Crippen LogP contribution in [0.1, 0.15) is 33.6 Å². The number of hydrogen-bond donors (Lipinski definition) is 2. The molecule has 10 heteroatoms. The van der Waals surface area contributed by atoms with Gasteiger partial charge in [0.05, 0.1) is 13.2 Å². The molecule has 0 radical (unpaired) electrons. The fraction of sp³-hybridized carbons (Fsp3) is 0.786. The van der Waals surface area contributed by atoms with Gasteiger partial charge in [-0.15, -0.1) is 0 Å². The lowest BCUT2D eigenvalue weighted by atomic mass is 10.0. The molecular weight excluding hydrogens is 318 g/mol. The van der Waals surface area contributed by atoms with E-state index in [1.165, 1.54) is 7.11 Å². The molecule has 10 nitrogen and oxygen atoms in total. The van der Waals surface area contributed by atoms with Gasteiger partial charge in [-0.3, -0.25) is 9.59 Å². The van der Waals surface area contributed by atoms with E-state index in [9.17, 15) is 14.4 Å². The number of nitrogens with one attached hydrogen (secondary N) is 2. The van der Waals surface area contributed by atoms with Crippen molar-refractivity contribution in [2.75, 3.05) is 13.7 Å². The van der Waals surface area contributed by atoms with Crippen molar-refractivity contribution in [1.82, 2.24) is 10.6 Å². The monoisotopic (exact) mass is 341 g/mol. The van der Waals surface area contributed by atoms with Gasteiger partial charge in [-0.05, 0) is 45.1 Å². The normalized spacial score (nSPS) is 16.2. The van der Waals surface area contributed by atoms with Crippen molar-refractivity contribution in [3.63, 3.8) is 0 Å². The summed E-state index contributed by atoms with van der Waals surface area (Å²) in [5.74, 6) is -1.28. The molecule has 24 heavy (non-hydrogen) atoms. The zero-order chi connectivity index (χ0) is 18.3. The number of esters is 1. The van der Waals surface area contributed by atoms with Gasteiger partial charge in [0.2, 0.25) is 5.91 Å². The van der Waals surface area contributed by atoms with Crippen LogP contribution in [-0.2, 0) is 19.1 Å². The summed E-state index contributed by atoms with van der Waals surface area (Å²) in [4.78, 5) is 38.0. The zero-order valence-electron chi connectivity index (χ0n) is 14.2. The molecule has 1 rings (SSSR count). The standard InChI is InChI=1S/C14H23N5O5/c1-14(2,3)24-13(22)17-10(8-5-6-8)11(18-19-15)12(21)16-7-9(20)23-4/h8,10-11H,5-7H2,1-4H3,(H,16,21)(H,17,22)/t10-,11-/m1/s1. The Morgan fingerprint density at radius 2 is 1.96 bits per heavy atom. The summed E-state index contributed by atoms with van der Waals surface area (Å²) in [6.07, 6.45) is 0.892. The Morgan fingerprint density at radius 3 is 2.42 bits per heavy atom. The molecule has 0 bridgehead atoms. The highest BCUT2D eigenvalue weighted by atomic mass is 16.6. The number of alkyl carbamates (subject to hydrolysis) is 1. The third-order valence-corrected chi connectivity index (χ3v) is 3.23. The number of carbonyl (C=O) groups excluding carboxylic acids is 3. The van der Waals surface area contributed by atoms with Crippen LogP contribution in [0.4, 0.5) is 4.79 Å². The van der Waals surface area contributed by atoms with E-state index in [1.54, 1.807) is 20.8 Å². The largest absolute Gasteiger partial charge is 0.468 e. The van der Waals surface area contributed by atoms with Crippen molar-refractivity contribution in [3.05, 3.63) is 10.4 Å². The lowest BCUT2D eigenvalue weighted by molar-refractivity contribution is -0.141. The van der Waals surface area contributed by atoms with E-state index in [0.29, 0.717) is 0 Å². The minimum Gasteiger partial charge on any atom is -0.468 e. The highest BCUT2D eigenvalue weighted by molar-refractivity contribution is 5.87. The van der Waals surface area contributed by atoms with Gasteiger partial charge in [0.15, 0.2) is 0 Å². The number of nitrogens with zero attached hydrogens (tertiary/aromatic N) is 3. The van der Waals surface area contributed by atoms with Gasteiger partial charge in [0, 0.05) is 4.91 Å². The number of methoxy groups -OCH3 is 1. The second-order valence-electron chi connectivity index (χ2n) is 6.45. The lowest BCUT2D eigenvalue weighted by Gasteiger charge is -2.26. The molecule has 0 aromatic heterocycles. The van der Waals surface area contributed by atoms with E-state index in [4.69, 9.17) is 10.3 Å². The van der Waals surface area contributed by atoms with Crippen molar-refractivity contribution in [2.45, 2.75) is 51.3 Å². The van der Waals surface area contributed by atoms with Gasteiger partial charge in [0.1, 0.15) is 18.2 Å². The van der Waals surface area contributed by atoms with Gasteiger partial charge in [0.25, 0.3) is 0 Å². The lowest BCUT2D eigenvalue weighted by Crippen LogP contribution is -2.52. The average Bonchev–Trinajstić information content (AvgIpc) is 3.30. The average molecular weight is 341 g/mol. The van der Waals surface area contributed by atoms with Gasteiger partial charge < -0.3 is 20.1 Å². The maximum Gasteiger partial charge on any atom is 0.407 e. The topological polar surface area (TPSA) is 142 Å². The molecular formula is C14H23N5O5. The van der Waals surface area contributed by atoms with Crippen LogP contribution in [0.3, 0.4) is 0 Å². The molecule has 0 saturated heterocycles. The second kappa shape index (κ2) is 8.39. The van der Waals surface area contributed by atoms with Crippen molar-refractivity contribution in [2.24, 2.45) is 11.0 Å². The molecule has 134 valence electrons. The molecule has 1 aliphatic rings. The predicted octanol–water partition coefficient (Wildman–Crippen LogP) is 1.26. The van der Waals surface area contributed by atoms with E-state index in [1.807, 2.05) is 0 Å². The molecule has 1 aliphatic carbocycles. The molecule has 0 aromatic rings. The van der Waals surface area contributed by atoms with Gasteiger partial charge in [-0.1, -0.05) is 5.11 Å². The molecule has 2 N–H and O–H groups in total. The summed E-state index contributed by atoms with van der Waals surface area (Å²) < 4.78 is 9.61. The number of amides is 2. The Balaban J connectivity index is 2.80. The Kier molecular flexibility index (Phi) is 6.84. The molecule has 1 fully saturated rings. The fourth-order valence-electron chi connectivity index (χ4n) is 2.03. The highest BCUT2D eigenvalue weighted by Gasteiger charge is 2.41. The number of ether oxygens (including phenoxy) is 2. The van der Waals surface area contributed by atoms with Crippen molar-refractivity contribution >= 4 is 18.0 Å². The SMILES string of the molecule is COC(=O)CNC(=O)[C@H](N=[N+]=[N-])[C@H](NC(=O)OC(C)(C)C)C1CC1. The van der Waals surface area contributed by atoms with Crippen LogP contribution in [0, 0.1) is 5.92 Å². The molecule has 1 saturated carbocycles. The molecule has 2 atom stereocenters. The first-order valence-electron chi connectivity index (χ1n) is 7.56. The molecule has 0 heterocycles. The quantitative estimate of drug-likeness (QED) is 0.310. The Bertz CT molecular complexity index is 534. The van der Waals surface area contributed by atoms with Crippen molar-refractivity contribution in [3.8, 4) is 0 Å². The van der Waals surface area contributed by atoms with E-state index >= 15 is 0 Å². The number of hydrogen-bond acceptors (Lipinski definition) is 6. The predicted molar refractivity (Wildman–Crippen MR) is 83.8 cm³/mol. The third kappa shape index (κ3) is 6.74. The van der Waals surface area contributed by atoms with Crippen LogP contribution in [0.5, 0.6) is 0 Å². The van der Waals surface area contributed by atoms with Crippen molar-refractivity contribution < 1.29 is 23.9 Å². The minimum atomic E-state index is -1.18. The van der Waals surface area contributed by atoms with E-state index in [2.05, 4.69) is 25.4 Å². The van der Waals surface area contributed by atoms with E-state index in [0.717, 1.165) is 12.8 Å². The zero-order valence-corrected chi connectivity index (χ0v) is 14.2. The number of rotatable bonds is 7. The summed E-state index contributed by atoms with van der Waals surface area (Å²) in [6.45, 7) is 4.79. The summed E-state index contributed by atoms with van der Waals surface area (Å²) in [6, 6.07) is -1.88. The van der Waals surface area contributed by atoms with Gasteiger partial charge >= 0.3 is 12.1 Å². The maximum atomic E-state index is 12.2. The summed E-state index contributed by atoms with van der Waals surface area (Å²) >= 11 is 0. The van der Waals surface area contributed by atoms with Crippen LogP contribution >= 0.6 is 0 Å². The van der Waals surface area contributed by atoms with Crippen LogP contribution in [-0.4, -0.2) is 49.3 Å². The first kappa shape index (κ1) is 19.6. The Morgan fingerprint density at radius 1 is 1.33 bits per heavy atom. The van der Waals surface area contributed by atoms with Crippen LogP contribution < -0.4 is 10.6 Å². The number of carbonyl (C=O) groups is 3. The summed E-state index contributed by atoms with van der Waals surface area (Å²) in [5, 5.41) is 8.42. The summed E-state index contributed by atoms with van der Waals surface area (Å²) in [7, 11) is 1.19. The minimum absolute atomic E-state index is 0.0110. The van der Waals surface area contributed by atoms with Gasteiger partial charge in [-0.25, -0.2) is 4.79 Å². The van der Waals surface area contributed by atoms with Crippen LogP contribution in [0.2, 0.25) is 0 Å². The molecule has 0 unspecified atom stereocenters. The Hall–Kier alpha value is -2.48. The van der Waals surface area contributed by atoms with Gasteiger partial charge in [-0.2, -0.15) is 0 Å². The Labute approximate surface area is 139 Å². The van der Waals surface area contributed by atoms with E-state index in [-0.39, 0.29) is 12.5 Å². The third-order valence-electron chi connectivity index (χ3n) is 3.23. The fourth-order valence-corrected chi connectivity index (χ4v) is 2.03. The smallest absolute Gasteiger partial charge is 0.407 e. The molecule has 2 amide bonds.